The Hall–Kier alpha value is -1.32. The second-order valence-electron chi connectivity index (χ2n) is 0.658. The average molecular weight is 439 g/mol. The summed E-state index contributed by atoms with van der Waals surface area (Å²) in [6, 6.07) is 0. The number of rotatable bonds is 2. The second-order valence-corrected chi connectivity index (χ2v) is 2.99. The van der Waals surface area contributed by atoms with E-state index in [1.807, 2.05) is 0 Å². The Morgan fingerprint density at radius 3 is 1.07 bits per heavy atom. The number of azide groups is 1. The Morgan fingerprint density at radius 1 is 0.714 bits per heavy atom. The van der Waals surface area contributed by atoms with Crippen LogP contribution in [0.15, 0.2) is 5.85 Å². The third kappa shape index (κ3) is 139. The van der Waals surface area contributed by atoms with E-state index in [1.54, 1.807) is 0 Å². The molecule has 0 amide bonds. The number of nitrogens with zero attached hydrogens (tertiary/aromatic N) is 12. The molecular weight excluding hydrogens is 439 g/mol. The van der Waals surface area contributed by atoms with Crippen LogP contribution < -0.4 is 0 Å². The van der Waals surface area contributed by atoms with Crippen LogP contribution >= 0.6 is 0 Å². The van der Waals surface area contributed by atoms with Gasteiger partial charge in [-0.15, -0.1) is 0 Å². The molecule has 0 aromatic carbocycles. The summed E-state index contributed by atoms with van der Waals surface area (Å²) in [5.41, 5.74) is 42.2. The van der Waals surface area contributed by atoms with E-state index < -0.39 is 24.8 Å². The summed E-state index contributed by atoms with van der Waals surface area (Å²) in [5, 5.41) is 0. The monoisotopic (exact) mass is 439 g/mol. The molecule has 0 aromatic heterocycles. The fraction of sp³-hybridized carbons (Fsp3) is 0. The van der Waals surface area contributed by atoms with Crippen LogP contribution in [0.5, 0.6) is 0 Å². The van der Waals surface area contributed by atoms with Crippen molar-refractivity contribution >= 4 is 24.8 Å². The van der Waals surface area contributed by atoms with E-state index in [9.17, 15) is 0 Å². The van der Waals surface area contributed by atoms with Gasteiger partial charge in [0.15, 0.2) is 0 Å². The van der Waals surface area contributed by atoms with Gasteiger partial charge in [-0.2, -0.15) is 0 Å². The average Bonchev–Trinajstić information content (AvgIpc) is 2.08. The van der Waals surface area contributed by atoms with E-state index >= 15 is 0 Å². The minimum atomic E-state index is -1.58. The zero-order valence-corrected chi connectivity index (χ0v) is 11.0. The Kier molecular flexibility index (Phi) is 67.7. The maximum atomic E-state index is 7.62. The standard InChI is InChI=1S/Cu.4N3.Pb/c;4*1-3-2;/q+2;4*-1;+2. The first-order valence-electron chi connectivity index (χ1n) is 2.05. The molecule has 0 rings (SSSR count). The summed E-state index contributed by atoms with van der Waals surface area (Å²) in [7, 11) is 0. The maximum absolute atomic E-state index is 7.62. The molecule has 0 aliphatic rings. The summed E-state index contributed by atoms with van der Waals surface area (Å²) in [4.78, 5) is 7.84. The SMILES string of the molecule is [Cu+2].[N-]=[N+]=[N-].[N-]=[N+]=[N-].[N-]=[N+]=[N][Pb][N]=[N+]=[N-]. The van der Waals surface area contributed by atoms with Crippen LogP contribution in [0.4, 0.5) is 0 Å². The molecule has 0 fully saturated rings. The predicted octanol–water partition coefficient (Wildman–Crippen LogP) is 2.87. The quantitative estimate of drug-likeness (QED) is 0.263. The van der Waals surface area contributed by atoms with Gasteiger partial charge in [-0.1, -0.05) is 0 Å². The molecular formula is CuN12Pb. The van der Waals surface area contributed by atoms with Crippen molar-refractivity contribution in [3.8, 4) is 0 Å². The molecule has 3 radical (unpaired) electrons. The van der Waals surface area contributed by atoms with Gasteiger partial charge in [-0.05, 0) is 0 Å². The zero-order valence-electron chi connectivity index (χ0n) is 6.17. The third-order valence-corrected chi connectivity index (χ3v) is 1.57. The molecule has 0 aliphatic carbocycles. The molecule has 0 atom stereocenters. The Labute approximate surface area is 100 Å². The van der Waals surface area contributed by atoms with Gasteiger partial charge in [-0.25, -0.2) is 0 Å². The fourth-order valence-corrected chi connectivity index (χ4v) is 0.526. The summed E-state index contributed by atoms with van der Waals surface area (Å²) < 4.78 is 6.23. The summed E-state index contributed by atoms with van der Waals surface area (Å²) >= 11 is -1.58. The molecule has 0 saturated carbocycles. The van der Waals surface area contributed by atoms with E-state index in [0.717, 1.165) is 0 Å². The van der Waals surface area contributed by atoms with Crippen molar-refractivity contribution in [2.45, 2.75) is 0 Å². The Balaban J connectivity index is -0.0000000610. The Morgan fingerprint density at radius 2 is 0.929 bits per heavy atom. The predicted molar refractivity (Wildman–Crippen MR) is 44.2 cm³/mol. The van der Waals surface area contributed by atoms with Crippen molar-refractivity contribution in [1.29, 1.82) is 0 Å². The van der Waals surface area contributed by atoms with Crippen molar-refractivity contribution in [2.75, 3.05) is 0 Å². The molecule has 0 bridgehead atoms. The van der Waals surface area contributed by atoms with Gasteiger partial charge in [0.1, 0.15) is 0 Å². The first-order valence-corrected chi connectivity index (χ1v) is 5.52. The van der Waals surface area contributed by atoms with Crippen LogP contribution in [0.25, 0.3) is 52.8 Å². The molecule has 0 N–H and O–H groups in total. The molecule has 12 nitrogen and oxygen atoms in total. The van der Waals surface area contributed by atoms with E-state index in [0.29, 0.717) is 0 Å². The van der Waals surface area contributed by atoms with E-state index in [2.05, 4.69) is 15.7 Å². The van der Waals surface area contributed by atoms with E-state index in [-0.39, 0.29) is 17.1 Å². The van der Waals surface area contributed by atoms with Gasteiger partial charge in [-0.3, -0.25) is 9.82 Å². The van der Waals surface area contributed by atoms with Crippen molar-refractivity contribution in [3.05, 3.63) is 52.8 Å². The zero-order chi connectivity index (χ0) is 10.9. The molecule has 0 spiro atoms. The van der Waals surface area contributed by atoms with E-state index in [4.69, 9.17) is 33.2 Å². The molecule has 14 heavy (non-hydrogen) atoms. The van der Waals surface area contributed by atoms with Gasteiger partial charge in [0.2, 0.25) is 0 Å². The van der Waals surface area contributed by atoms with Crippen LogP contribution in [-0.4, -0.2) is 24.8 Å². The number of hydrogen-bond donors (Lipinski definition) is 0. The van der Waals surface area contributed by atoms with Gasteiger partial charge >= 0.3 is 68.6 Å². The fourth-order valence-electron chi connectivity index (χ4n) is 0.0600. The van der Waals surface area contributed by atoms with Crippen LogP contribution in [0.3, 0.4) is 0 Å². The normalized spacial score (nSPS) is 4.00. The topological polar surface area (TPSA) is 215 Å². The third-order valence-electron chi connectivity index (χ3n) is 0.179. The number of hydrogen-bond acceptors (Lipinski definition) is 2. The molecule has 0 heterocycles. The van der Waals surface area contributed by atoms with Crippen molar-refractivity contribution in [1.82, 2.24) is 0 Å². The van der Waals surface area contributed by atoms with Crippen molar-refractivity contribution < 1.29 is 17.1 Å². The van der Waals surface area contributed by atoms with Crippen molar-refractivity contribution in [3.63, 3.8) is 0 Å². The molecule has 0 aliphatic heterocycles. The summed E-state index contributed by atoms with van der Waals surface area (Å²) in [5.74, 6) is 0. The molecule has 75 valence electrons. The molecule has 0 unspecified atom stereocenters. The first kappa shape index (κ1) is 23.0. The minimum absolute atomic E-state index is 0. The van der Waals surface area contributed by atoms with Crippen LogP contribution in [0.1, 0.15) is 0 Å². The van der Waals surface area contributed by atoms with Gasteiger partial charge in [0.05, 0.1) is 0 Å². The van der Waals surface area contributed by atoms with Gasteiger partial charge < -0.3 is 22.1 Å². The second kappa shape index (κ2) is 41.3. The van der Waals surface area contributed by atoms with Gasteiger partial charge in [0.25, 0.3) is 0 Å². The van der Waals surface area contributed by atoms with E-state index in [1.165, 1.54) is 9.82 Å². The summed E-state index contributed by atoms with van der Waals surface area (Å²) in [6.07, 6.45) is 0. The molecule has 14 heteroatoms. The van der Waals surface area contributed by atoms with Crippen LogP contribution in [0.2, 0.25) is 0 Å². The van der Waals surface area contributed by atoms with Crippen LogP contribution in [0, 0.1) is 0 Å². The Bertz CT molecular complexity index is 224. The summed E-state index contributed by atoms with van der Waals surface area (Å²) in [6.45, 7) is 0. The first-order chi connectivity index (χ1) is 6.24. The van der Waals surface area contributed by atoms with Gasteiger partial charge in [0, 0.05) is 0 Å². The molecule has 0 aromatic rings. The molecule has 0 saturated heterocycles. The van der Waals surface area contributed by atoms with Crippen molar-refractivity contribution in [2.24, 2.45) is 5.85 Å². The van der Waals surface area contributed by atoms with Crippen LogP contribution in [-0.2, 0) is 17.1 Å².